The van der Waals surface area contributed by atoms with Crippen LogP contribution in [0.3, 0.4) is 0 Å². The lowest BCUT2D eigenvalue weighted by molar-refractivity contribution is -0.138. The second-order valence-electron chi connectivity index (χ2n) is 7.11. The third-order valence-electron chi connectivity index (χ3n) is 4.83. The second kappa shape index (κ2) is 9.26. The van der Waals surface area contributed by atoms with E-state index in [-0.39, 0.29) is 29.3 Å². The van der Waals surface area contributed by atoms with Crippen molar-refractivity contribution < 1.29 is 17.9 Å². The molecule has 0 spiro atoms. The number of hydrogen-bond donors (Lipinski definition) is 2. The molecule has 0 bridgehead atoms. The molecule has 0 amide bonds. The highest BCUT2D eigenvalue weighted by Crippen LogP contribution is 2.39. The van der Waals surface area contributed by atoms with Crippen molar-refractivity contribution in [2.75, 3.05) is 6.61 Å². The first-order valence-electron chi connectivity index (χ1n) is 10.1. The van der Waals surface area contributed by atoms with Crippen LogP contribution in [-0.4, -0.2) is 26.5 Å². The molecule has 0 saturated heterocycles. The Morgan fingerprint density at radius 1 is 1.12 bits per heavy atom. The first-order valence-corrected chi connectivity index (χ1v) is 10.1. The smallest absolute Gasteiger partial charge is 0.419 e. The molecule has 0 unspecified atom stereocenters. The summed E-state index contributed by atoms with van der Waals surface area (Å²) in [6, 6.07) is 12.9. The van der Waals surface area contributed by atoms with Gasteiger partial charge >= 0.3 is 6.18 Å². The van der Waals surface area contributed by atoms with Crippen LogP contribution in [0, 0.1) is 11.3 Å². The molecule has 4 aromatic rings. The average molecular weight is 452 g/mol. The predicted molar refractivity (Wildman–Crippen MR) is 115 cm³/mol. The number of aromatic amines is 1. The molecular formula is C23H19F3N6O. The number of aromatic nitrogens is 4. The van der Waals surface area contributed by atoms with Crippen molar-refractivity contribution in [3.05, 3.63) is 71.4 Å². The number of alkyl halides is 3. The summed E-state index contributed by atoms with van der Waals surface area (Å²) in [5.41, 5.74) is 1.30. The minimum atomic E-state index is -4.59. The van der Waals surface area contributed by atoms with Crippen LogP contribution in [0.15, 0.2) is 48.7 Å². The molecular weight excluding hydrogens is 433 g/mol. The number of nitrogens with zero attached hydrogens (tertiary/aromatic N) is 4. The van der Waals surface area contributed by atoms with Gasteiger partial charge in [-0.2, -0.15) is 18.4 Å². The van der Waals surface area contributed by atoms with Crippen LogP contribution >= 0.6 is 0 Å². The summed E-state index contributed by atoms with van der Waals surface area (Å²) in [6.07, 6.45) is -2.89. The van der Waals surface area contributed by atoms with Gasteiger partial charge in [-0.3, -0.25) is 4.98 Å². The first kappa shape index (κ1) is 22.2. The number of pyridine rings is 2. The van der Waals surface area contributed by atoms with Crippen LogP contribution in [0.2, 0.25) is 0 Å². The first-order chi connectivity index (χ1) is 15.9. The molecule has 1 aromatic carbocycles. The van der Waals surface area contributed by atoms with Gasteiger partial charge in [0, 0.05) is 18.3 Å². The van der Waals surface area contributed by atoms with Gasteiger partial charge in [0.25, 0.3) is 0 Å². The summed E-state index contributed by atoms with van der Waals surface area (Å²) >= 11 is 0. The third kappa shape index (κ3) is 4.94. The van der Waals surface area contributed by atoms with E-state index in [0.717, 1.165) is 11.8 Å². The van der Waals surface area contributed by atoms with E-state index in [1.165, 1.54) is 12.1 Å². The van der Waals surface area contributed by atoms with Gasteiger partial charge in [0.2, 0.25) is 0 Å². The van der Waals surface area contributed by atoms with Gasteiger partial charge in [0.1, 0.15) is 23.2 Å². The SMILES string of the molecule is CCOc1ccc(-c2cc3[nH]c(CNCc4ccccn4)nc3c(C#N)n2)cc1C(F)(F)F. The number of fused-ring (bicyclic) bond motifs is 1. The monoisotopic (exact) mass is 452 g/mol. The standard InChI is InChI=1S/C23H19F3N6O/c1-2-33-20-7-6-14(9-16(20)23(24,25)26)17-10-18-22(19(11-27)30-17)32-21(31-18)13-28-12-15-5-3-4-8-29-15/h3-10,28H,2,12-13H2,1H3,(H,31,32). The Hall–Kier alpha value is -3.97. The highest BCUT2D eigenvalue weighted by atomic mass is 19.4. The number of rotatable bonds is 7. The molecule has 0 saturated carbocycles. The highest BCUT2D eigenvalue weighted by Gasteiger charge is 2.35. The van der Waals surface area contributed by atoms with Crippen molar-refractivity contribution in [3.8, 4) is 23.1 Å². The summed E-state index contributed by atoms with van der Waals surface area (Å²) in [7, 11) is 0. The van der Waals surface area contributed by atoms with Crippen LogP contribution in [0.25, 0.3) is 22.3 Å². The zero-order chi connectivity index (χ0) is 23.4. The van der Waals surface area contributed by atoms with Crippen LogP contribution in [0.1, 0.15) is 29.7 Å². The van der Waals surface area contributed by atoms with Gasteiger partial charge in [0.05, 0.1) is 35.6 Å². The molecule has 0 aliphatic rings. The number of H-pyrrole nitrogens is 1. The Kier molecular flexibility index (Phi) is 6.24. The lowest BCUT2D eigenvalue weighted by Crippen LogP contribution is -2.14. The molecule has 7 nitrogen and oxygen atoms in total. The molecule has 4 rings (SSSR count). The van der Waals surface area contributed by atoms with Gasteiger partial charge in [-0.25, -0.2) is 9.97 Å². The lowest BCUT2D eigenvalue weighted by atomic mass is 10.1. The van der Waals surface area contributed by atoms with Crippen LogP contribution < -0.4 is 10.1 Å². The Labute approximate surface area is 187 Å². The summed E-state index contributed by atoms with van der Waals surface area (Å²) in [4.78, 5) is 16.0. The van der Waals surface area contributed by atoms with E-state index in [1.807, 2.05) is 24.3 Å². The van der Waals surface area contributed by atoms with Gasteiger partial charge < -0.3 is 15.0 Å². The van der Waals surface area contributed by atoms with Gasteiger partial charge in [-0.15, -0.1) is 0 Å². The number of imidazole rings is 1. The van der Waals surface area contributed by atoms with Gasteiger partial charge in [-0.1, -0.05) is 6.07 Å². The Bertz CT molecular complexity index is 1310. The largest absolute Gasteiger partial charge is 0.493 e. The summed E-state index contributed by atoms with van der Waals surface area (Å²) in [5, 5.41) is 12.8. The maximum atomic E-state index is 13.5. The van der Waals surface area contributed by atoms with Crippen molar-refractivity contribution in [2.24, 2.45) is 0 Å². The zero-order valence-corrected chi connectivity index (χ0v) is 17.6. The van der Waals surface area contributed by atoms with Gasteiger partial charge in [0.15, 0.2) is 5.69 Å². The van der Waals surface area contributed by atoms with E-state index >= 15 is 0 Å². The fourth-order valence-electron chi connectivity index (χ4n) is 3.38. The van der Waals surface area contributed by atoms with Crippen molar-refractivity contribution >= 4 is 11.0 Å². The maximum Gasteiger partial charge on any atom is 0.419 e. The molecule has 3 heterocycles. The van der Waals surface area contributed by atoms with E-state index in [4.69, 9.17) is 4.74 Å². The molecule has 0 aliphatic heterocycles. The van der Waals surface area contributed by atoms with Crippen LogP contribution in [-0.2, 0) is 19.3 Å². The lowest BCUT2D eigenvalue weighted by Gasteiger charge is -2.14. The van der Waals surface area contributed by atoms with Gasteiger partial charge in [-0.05, 0) is 43.3 Å². The number of hydrogen-bond acceptors (Lipinski definition) is 6. The molecule has 10 heteroatoms. The predicted octanol–water partition coefficient (Wildman–Crippen LogP) is 4.60. The third-order valence-corrected chi connectivity index (χ3v) is 4.83. The minimum Gasteiger partial charge on any atom is -0.493 e. The number of nitriles is 1. The fraction of sp³-hybridized carbons (Fsp3) is 0.217. The Balaban J connectivity index is 1.65. The van der Waals surface area contributed by atoms with Crippen LogP contribution in [0.5, 0.6) is 5.75 Å². The fourth-order valence-corrected chi connectivity index (χ4v) is 3.38. The quantitative estimate of drug-likeness (QED) is 0.425. The summed E-state index contributed by atoms with van der Waals surface area (Å²) < 4.78 is 45.7. The van der Waals surface area contributed by atoms with E-state index in [0.29, 0.717) is 29.9 Å². The average Bonchev–Trinajstić information content (AvgIpc) is 3.22. The molecule has 0 radical (unpaired) electrons. The summed E-state index contributed by atoms with van der Waals surface area (Å²) in [5.74, 6) is 0.317. The molecule has 33 heavy (non-hydrogen) atoms. The normalized spacial score (nSPS) is 11.5. The van der Waals surface area contributed by atoms with Crippen molar-refractivity contribution in [1.82, 2.24) is 25.3 Å². The number of benzene rings is 1. The van der Waals surface area contributed by atoms with Crippen molar-refractivity contribution in [3.63, 3.8) is 0 Å². The Morgan fingerprint density at radius 2 is 1.97 bits per heavy atom. The number of halogens is 3. The minimum absolute atomic E-state index is 0.0252. The van der Waals surface area contributed by atoms with E-state index in [1.54, 1.807) is 19.2 Å². The zero-order valence-electron chi connectivity index (χ0n) is 17.6. The number of ether oxygens (including phenoxy) is 1. The summed E-state index contributed by atoms with van der Waals surface area (Å²) in [6.45, 7) is 2.63. The second-order valence-corrected chi connectivity index (χ2v) is 7.11. The maximum absolute atomic E-state index is 13.5. The molecule has 2 N–H and O–H groups in total. The molecule has 0 aliphatic carbocycles. The van der Waals surface area contributed by atoms with E-state index < -0.39 is 11.7 Å². The van der Waals surface area contributed by atoms with E-state index in [2.05, 4.69) is 25.3 Å². The topological polar surface area (TPSA) is 99.5 Å². The highest BCUT2D eigenvalue weighted by molar-refractivity contribution is 5.84. The molecule has 168 valence electrons. The molecule has 0 atom stereocenters. The van der Waals surface area contributed by atoms with Crippen molar-refractivity contribution in [1.29, 1.82) is 5.26 Å². The van der Waals surface area contributed by atoms with Crippen molar-refractivity contribution in [2.45, 2.75) is 26.2 Å². The van der Waals surface area contributed by atoms with E-state index in [9.17, 15) is 18.4 Å². The molecule has 3 aromatic heterocycles. The molecule has 0 fully saturated rings. The number of nitrogens with one attached hydrogen (secondary N) is 2. The van der Waals surface area contributed by atoms with Crippen LogP contribution in [0.4, 0.5) is 13.2 Å². The Morgan fingerprint density at radius 3 is 2.67 bits per heavy atom.